The van der Waals surface area contributed by atoms with Crippen molar-refractivity contribution in [3.05, 3.63) is 0 Å². The van der Waals surface area contributed by atoms with Crippen LogP contribution in [0.2, 0.25) is 0 Å². The van der Waals surface area contributed by atoms with Crippen molar-refractivity contribution in [1.82, 2.24) is 0 Å². The van der Waals surface area contributed by atoms with Crippen LogP contribution < -0.4 is 0 Å². The van der Waals surface area contributed by atoms with Crippen LogP contribution in [-0.4, -0.2) is 30.0 Å². The second kappa shape index (κ2) is 7.51. The third kappa shape index (κ3) is 8.24. The molecule has 0 bridgehead atoms. The molecule has 5 heteroatoms. The van der Waals surface area contributed by atoms with Crippen molar-refractivity contribution in [1.29, 1.82) is 0 Å². The smallest absolute Gasteiger partial charge is 0.347 e. The molecule has 0 aliphatic rings. The van der Waals surface area contributed by atoms with Gasteiger partial charge in [0.15, 0.2) is 6.10 Å². The Morgan fingerprint density at radius 2 is 1.93 bits per heavy atom. The first-order valence-electron chi connectivity index (χ1n) is 4.91. The molecule has 0 aromatic heterocycles. The van der Waals surface area contributed by atoms with Crippen LogP contribution >= 0.6 is 11.6 Å². The molecule has 0 aromatic rings. The summed E-state index contributed by atoms with van der Waals surface area (Å²) in [6.45, 7) is 4.92. The summed E-state index contributed by atoms with van der Waals surface area (Å²) < 4.78 is 9.53. The van der Waals surface area contributed by atoms with Gasteiger partial charge in [-0.15, -0.1) is 11.6 Å². The minimum absolute atomic E-state index is 0.0783. The van der Waals surface area contributed by atoms with Crippen LogP contribution in [0.5, 0.6) is 0 Å². The lowest BCUT2D eigenvalue weighted by atomic mass is 10.2. The minimum atomic E-state index is -0.837. The molecule has 0 aliphatic heterocycles. The highest BCUT2D eigenvalue weighted by Crippen LogP contribution is 2.04. The van der Waals surface area contributed by atoms with E-state index in [9.17, 15) is 9.59 Å². The lowest BCUT2D eigenvalue weighted by Crippen LogP contribution is -2.25. The van der Waals surface area contributed by atoms with Crippen LogP contribution in [0.1, 0.15) is 33.6 Å². The second-order valence-electron chi connectivity index (χ2n) is 3.34. The Balaban J connectivity index is 3.60. The van der Waals surface area contributed by atoms with Gasteiger partial charge >= 0.3 is 11.9 Å². The summed E-state index contributed by atoms with van der Waals surface area (Å²) in [5.41, 5.74) is 0. The lowest BCUT2D eigenvalue weighted by molar-refractivity contribution is -0.165. The molecule has 0 amide bonds. The van der Waals surface area contributed by atoms with Crippen LogP contribution in [0.15, 0.2) is 0 Å². The standard InChI is InChI=1S/C10H17ClO4/c1-7(11)5-4-6-14-10(13)8(2)15-9(3)12/h7-8H,4-6H2,1-3H3/t7?,8-/m0/s1. The zero-order chi connectivity index (χ0) is 11.8. The highest BCUT2D eigenvalue weighted by Gasteiger charge is 2.16. The molecule has 0 radical (unpaired) electrons. The summed E-state index contributed by atoms with van der Waals surface area (Å²) in [6, 6.07) is 0. The third-order valence-corrected chi connectivity index (χ3v) is 1.88. The number of carbonyl (C=O) groups is 2. The van der Waals surface area contributed by atoms with Gasteiger partial charge in [-0.25, -0.2) is 4.79 Å². The van der Waals surface area contributed by atoms with E-state index in [-0.39, 0.29) is 5.38 Å². The van der Waals surface area contributed by atoms with E-state index in [2.05, 4.69) is 4.74 Å². The largest absolute Gasteiger partial charge is 0.463 e. The van der Waals surface area contributed by atoms with Crippen LogP contribution in [-0.2, 0) is 19.1 Å². The molecular weight excluding hydrogens is 220 g/mol. The molecule has 2 atom stereocenters. The summed E-state index contributed by atoms with van der Waals surface area (Å²) in [5, 5.41) is 0.0783. The topological polar surface area (TPSA) is 52.6 Å². The zero-order valence-electron chi connectivity index (χ0n) is 9.29. The number of ether oxygens (including phenoxy) is 2. The molecule has 1 unspecified atom stereocenters. The molecule has 4 nitrogen and oxygen atoms in total. The SMILES string of the molecule is CC(=O)O[C@@H](C)C(=O)OCCCC(C)Cl. The number of hydrogen-bond acceptors (Lipinski definition) is 4. The summed E-state index contributed by atoms with van der Waals surface area (Å²) >= 11 is 5.71. The van der Waals surface area contributed by atoms with Gasteiger partial charge in [-0.05, 0) is 26.7 Å². The summed E-state index contributed by atoms with van der Waals surface area (Å²) in [4.78, 5) is 21.7. The summed E-state index contributed by atoms with van der Waals surface area (Å²) in [7, 11) is 0. The van der Waals surface area contributed by atoms with E-state index in [1.165, 1.54) is 13.8 Å². The van der Waals surface area contributed by atoms with Crippen LogP contribution in [0.3, 0.4) is 0 Å². The first kappa shape index (κ1) is 14.2. The van der Waals surface area contributed by atoms with Gasteiger partial charge < -0.3 is 9.47 Å². The van der Waals surface area contributed by atoms with Crippen LogP contribution in [0.25, 0.3) is 0 Å². The van der Waals surface area contributed by atoms with E-state index in [0.29, 0.717) is 13.0 Å². The molecule has 0 spiro atoms. The molecular formula is C10H17ClO4. The summed E-state index contributed by atoms with van der Waals surface area (Å²) in [6.07, 6.45) is 0.663. The Labute approximate surface area is 94.9 Å². The second-order valence-corrected chi connectivity index (χ2v) is 4.09. The average Bonchev–Trinajstić information content (AvgIpc) is 2.10. The van der Waals surface area contributed by atoms with Gasteiger partial charge in [-0.1, -0.05) is 0 Å². The predicted octanol–water partition coefficient (Wildman–Crippen LogP) is 1.89. The maximum absolute atomic E-state index is 11.2. The molecule has 0 aliphatic carbocycles. The van der Waals surface area contributed by atoms with Gasteiger partial charge in [0.25, 0.3) is 0 Å². The Morgan fingerprint density at radius 1 is 1.33 bits per heavy atom. The average molecular weight is 237 g/mol. The van der Waals surface area contributed by atoms with E-state index in [4.69, 9.17) is 16.3 Å². The first-order valence-corrected chi connectivity index (χ1v) is 5.35. The quantitative estimate of drug-likeness (QED) is 0.402. The van der Waals surface area contributed by atoms with Crippen molar-refractivity contribution < 1.29 is 19.1 Å². The summed E-state index contributed by atoms with van der Waals surface area (Å²) in [5.74, 6) is -1.01. The number of carbonyl (C=O) groups excluding carboxylic acids is 2. The Kier molecular flexibility index (Phi) is 7.13. The van der Waals surface area contributed by atoms with Crippen molar-refractivity contribution in [2.24, 2.45) is 0 Å². The number of rotatable bonds is 6. The molecule has 15 heavy (non-hydrogen) atoms. The molecule has 0 fully saturated rings. The van der Waals surface area contributed by atoms with Gasteiger partial charge in [-0.2, -0.15) is 0 Å². The fraction of sp³-hybridized carbons (Fsp3) is 0.800. The number of alkyl halides is 1. The van der Waals surface area contributed by atoms with Crippen molar-refractivity contribution in [2.75, 3.05) is 6.61 Å². The zero-order valence-corrected chi connectivity index (χ0v) is 10.0. The van der Waals surface area contributed by atoms with Gasteiger partial charge in [0.2, 0.25) is 0 Å². The molecule has 0 N–H and O–H groups in total. The molecule has 0 saturated carbocycles. The van der Waals surface area contributed by atoms with Crippen molar-refractivity contribution in [3.63, 3.8) is 0 Å². The van der Waals surface area contributed by atoms with Gasteiger partial charge in [0, 0.05) is 12.3 Å². The fourth-order valence-corrected chi connectivity index (χ4v) is 1.11. The van der Waals surface area contributed by atoms with Gasteiger partial charge in [-0.3, -0.25) is 4.79 Å². The first-order chi connectivity index (χ1) is 6.93. The van der Waals surface area contributed by atoms with Gasteiger partial charge in [0.1, 0.15) is 0 Å². The normalized spacial score (nSPS) is 14.1. The van der Waals surface area contributed by atoms with E-state index in [0.717, 1.165) is 6.42 Å². The Hall–Kier alpha value is -0.770. The Morgan fingerprint density at radius 3 is 2.40 bits per heavy atom. The molecule has 0 saturated heterocycles. The number of hydrogen-bond donors (Lipinski definition) is 0. The molecule has 0 heterocycles. The third-order valence-electron chi connectivity index (χ3n) is 1.67. The van der Waals surface area contributed by atoms with E-state index < -0.39 is 18.0 Å². The van der Waals surface area contributed by atoms with E-state index in [1.807, 2.05) is 6.92 Å². The van der Waals surface area contributed by atoms with E-state index >= 15 is 0 Å². The number of halogens is 1. The van der Waals surface area contributed by atoms with Crippen molar-refractivity contribution in [2.45, 2.75) is 45.1 Å². The van der Waals surface area contributed by atoms with Crippen LogP contribution in [0, 0.1) is 0 Å². The molecule has 0 aromatic carbocycles. The highest BCUT2D eigenvalue weighted by atomic mass is 35.5. The minimum Gasteiger partial charge on any atom is -0.463 e. The maximum Gasteiger partial charge on any atom is 0.347 e. The molecule has 88 valence electrons. The lowest BCUT2D eigenvalue weighted by Gasteiger charge is -2.11. The predicted molar refractivity (Wildman–Crippen MR) is 56.7 cm³/mol. The highest BCUT2D eigenvalue weighted by molar-refractivity contribution is 6.20. The Bertz CT molecular complexity index is 215. The number of esters is 2. The fourth-order valence-electron chi connectivity index (χ4n) is 0.952. The van der Waals surface area contributed by atoms with Crippen molar-refractivity contribution >= 4 is 23.5 Å². The van der Waals surface area contributed by atoms with E-state index in [1.54, 1.807) is 0 Å². The molecule has 0 rings (SSSR count). The monoisotopic (exact) mass is 236 g/mol. The van der Waals surface area contributed by atoms with Gasteiger partial charge in [0.05, 0.1) is 6.61 Å². The maximum atomic E-state index is 11.2. The van der Waals surface area contributed by atoms with Crippen molar-refractivity contribution in [3.8, 4) is 0 Å². The van der Waals surface area contributed by atoms with Crippen LogP contribution in [0.4, 0.5) is 0 Å².